The first-order valence-corrected chi connectivity index (χ1v) is 12.2. The average Bonchev–Trinajstić information content (AvgIpc) is 2.81. The van der Waals surface area contributed by atoms with Crippen molar-refractivity contribution >= 4 is 23.9 Å². The molecule has 3 unspecified atom stereocenters. The van der Waals surface area contributed by atoms with Gasteiger partial charge in [-0.3, -0.25) is 9.59 Å². The van der Waals surface area contributed by atoms with Crippen LogP contribution in [0.5, 0.6) is 0 Å². The van der Waals surface area contributed by atoms with Gasteiger partial charge in [0.05, 0.1) is 5.41 Å². The summed E-state index contributed by atoms with van der Waals surface area (Å²) in [5, 5.41) is 14.8. The number of carboxylic acids is 1. The predicted octanol–water partition coefficient (Wildman–Crippen LogP) is 3.08. The van der Waals surface area contributed by atoms with Crippen molar-refractivity contribution in [2.75, 3.05) is 13.1 Å². The molecule has 194 valence electrons. The average molecular weight is 490 g/mol. The first-order valence-electron chi connectivity index (χ1n) is 12.2. The second-order valence-corrected chi connectivity index (χ2v) is 10.3. The van der Waals surface area contributed by atoms with E-state index in [1.165, 1.54) is 6.92 Å². The number of amides is 3. The van der Waals surface area contributed by atoms with Crippen molar-refractivity contribution < 1.29 is 29.0 Å². The lowest BCUT2D eigenvalue weighted by molar-refractivity contribution is -0.143. The third kappa shape index (κ3) is 7.19. The Morgan fingerprint density at radius 1 is 1.06 bits per heavy atom. The van der Waals surface area contributed by atoms with Crippen LogP contribution in [0.1, 0.15) is 66.4 Å². The SMILES string of the molecule is CCC(C)C(NC(=O)C(C)NC(=O)C1(c2ccccc2)CCN(C(=O)OC(C)(C)C)CC1)C(=O)O. The van der Waals surface area contributed by atoms with Crippen LogP contribution in [-0.4, -0.2) is 64.7 Å². The molecule has 9 heteroatoms. The number of carbonyl (C=O) groups excluding carboxylic acids is 3. The van der Waals surface area contributed by atoms with E-state index in [1.54, 1.807) is 32.6 Å². The van der Waals surface area contributed by atoms with E-state index in [-0.39, 0.29) is 11.8 Å². The van der Waals surface area contributed by atoms with Crippen molar-refractivity contribution in [1.29, 1.82) is 0 Å². The maximum Gasteiger partial charge on any atom is 0.410 e. The molecule has 1 aromatic carbocycles. The number of nitrogens with one attached hydrogen (secondary N) is 2. The minimum atomic E-state index is -1.11. The van der Waals surface area contributed by atoms with Crippen molar-refractivity contribution in [1.82, 2.24) is 15.5 Å². The molecule has 3 amide bonds. The Morgan fingerprint density at radius 3 is 2.11 bits per heavy atom. The first kappa shape index (κ1) is 28.1. The maximum absolute atomic E-state index is 13.6. The smallest absolute Gasteiger partial charge is 0.410 e. The summed E-state index contributed by atoms with van der Waals surface area (Å²) in [5.41, 5.74) is -0.747. The summed E-state index contributed by atoms with van der Waals surface area (Å²) in [4.78, 5) is 52.1. The highest BCUT2D eigenvalue weighted by atomic mass is 16.6. The van der Waals surface area contributed by atoms with Gasteiger partial charge in [-0.1, -0.05) is 50.6 Å². The van der Waals surface area contributed by atoms with Gasteiger partial charge < -0.3 is 25.4 Å². The van der Waals surface area contributed by atoms with E-state index in [0.29, 0.717) is 32.4 Å². The van der Waals surface area contributed by atoms with E-state index in [9.17, 15) is 24.3 Å². The van der Waals surface area contributed by atoms with E-state index in [1.807, 2.05) is 37.3 Å². The monoisotopic (exact) mass is 489 g/mol. The van der Waals surface area contributed by atoms with Crippen molar-refractivity contribution in [3.63, 3.8) is 0 Å². The van der Waals surface area contributed by atoms with Crippen LogP contribution in [0.3, 0.4) is 0 Å². The molecule has 9 nitrogen and oxygen atoms in total. The van der Waals surface area contributed by atoms with Gasteiger partial charge in [0, 0.05) is 13.1 Å². The predicted molar refractivity (Wildman–Crippen MR) is 132 cm³/mol. The molecule has 35 heavy (non-hydrogen) atoms. The molecule has 0 bridgehead atoms. The zero-order chi connectivity index (χ0) is 26.4. The molecule has 1 aliphatic heterocycles. The standard InChI is InChI=1S/C26H39N3O6/c1-7-17(2)20(22(31)32)28-21(30)18(3)27-23(33)26(19-11-9-8-10-12-19)13-15-29(16-14-26)24(34)35-25(4,5)6/h8-12,17-18,20H,7,13-16H2,1-6H3,(H,27,33)(H,28,30)(H,31,32). The maximum atomic E-state index is 13.6. The first-order chi connectivity index (χ1) is 16.3. The summed E-state index contributed by atoms with van der Waals surface area (Å²) in [6.07, 6.45) is 0.891. The fourth-order valence-corrected chi connectivity index (χ4v) is 4.16. The van der Waals surface area contributed by atoms with E-state index < -0.39 is 41.1 Å². The summed E-state index contributed by atoms with van der Waals surface area (Å²) in [5.74, 6) is -2.25. The molecule has 3 atom stereocenters. The number of aliphatic carboxylic acids is 1. The van der Waals surface area contributed by atoms with Gasteiger partial charge in [-0.2, -0.15) is 0 Å². The van der Waals surface area contributed by atoms with Crippen LogP contribution in [0.4, 0.5) is 4.79 Å². The van der Waals surface area contributed by atoms with Gasteiger partial charge in [-0.05, 0) is 52.0 Å². The van der Waals surface area contributed by atoms with Crippen molar-refractivity contribution in [3.05, 3.63) is 35.9 Å². The number of rotatable bonds is 8. The molecule has 0 radical (unpaired) electrons. The van der Waals surface area contributed by atoms with Crippen LogP contribution in [-0.2, 0) is 24.5 Å². The number of benzene rings is 1. The fraction of sp³-hybridized carbons (Fsp3) is 0.615. The Labute approximate surface area is 207 Å². The molecule has 0 aliphatic carbocycles. The Morgan fingerprint density at radius 2 is 1.63 bits per heavy atom. The van der Waals surface area contributed by atoms with E-state index in [4.69, 9.17) is 4.74 Å². The van der Waals surface area contributed by atoms with Crippen LogP contribution in [0, 0.1) is 5.92 Å². The zero-order valence-corrected chi connectivity index (χ0v) is 21.6. The summed E-state index contributed by atoms with van der Waals surface area (Å²) in [7, 11) is 0. The van der Waals surface area contributed by atoms with Crippen LogP contribution in [0.25, 0.3) is 0 Å². The van der Waals surface area contributed by atoms with Gasteiger partial charge in [-0.25, -0.2) is 9.59 Å². The lowest BCUT2D eigenvalue weighted by Gasteiger charge is -2.41. The van der Waals surface area contributed by atoms with Gasteiger partial charge in [0.15, 0.2) is 0 Å². The van der Waals surface area contributed by atoms with Gasteiger partial charge in [0.1, 0.15) is 17.7 Å². The second kappa shape index (κ2) is 11.6. The summed E-state index contributed by atoms with van der Waals surface area (Å²) < 4.78 is 5.48. The molecule has 0 spiro atoms. The lowest BCUT2D eigenvalue weighted by Crippen LogP contribution is -2.58. The highest BCUT2D eigenvalue weighted by Gasteiger charge is 2.45. The molecule has 1 heterocycles. The number of hydrogen-bond donors (Lipinski definition) is 3. The number of hydrogen-bond acceptors (Lipinski definition) is 5. The minimum Gasteiger partial charge on any atom is -0.480 e. The van der Waals surface area contributed by atoms with Gasteiger partial charge >= 0.3 is 12.1 Å². The van der Waals surface area contributed by atoms with Gasteiger partial charge in [0.25, 0.3) is 0 Å². The Hall–Kier alpha value is -3.10. The zero-order valence-electron chi connectivity index (χ0n) is 21.6. The number of carboxylic acid groups (broad SMARTS) is 1. The molecular weight excluding hydrogens is 450 g/mol. The lowest BCUT2D eigenvalue weighted by atomic mass is 9.72. The van der Waals surface area contributed by atoms with E-state index in [2.05, 4.69) is 10.6 Å². The topological polar surface area (TPSA) is 125 Å². The van der Waals surface area contributed by atoms with E-state index >= 15 is 0 Å². The number of piperidine rings is 1. The highest BCUT2D eigenvalue weighted by Crippen LogP contribution is 2.36. The molecule has 1 aliphatic rings. The largest absolute Gasteiger partial charge is 0.480 e. The van der Waals surface area contributed by atoms with Crippen molar-refractivity contribution in [2.24, 2.45) is 5.92 Å². The van der Waals surface area contributed by atoms with E-state index in [0.717, 1.165) is 5.56 Å². The molecule has 1 fully saturated rings. The minimum absolute atomic E-state index is 0.257. The summed E-state index contributed by atoms with van der Waals surface area (Å²) >= 11 is 0. The third-order valence-corrected chi connectivity index (χ3v) is 6.55. The fourth-order valence-electron chi connectivity index (χ4n) is 4.16. The number of nitrogens with zero attached hydrogens (tertiary/aromatic N) is 1. The highest BCUT2D eigenvalue weighted by molar-refractivity contribution is 5.94. The van der Waals surface area contributed by atoms with Crippen molar-refractivity contribution in [2.45, 2.75) is 83.9 Å². The van der Waals surface area contributed by atoms with Crippen LogP contribution in [0.15, 0.2) is 30.3 Å². The molecular formula is C26H39N3O6. The number of carbonyl (C=O) groups is 4. The number of likely N-dealkylation sites (tertiary alicyclic amines) is 1. The summed E-state index contributed by atoms with van der Waals surface area (Å²) in [6, 6.07) is 7.34. The Kier molecular flexibility index (Phi) is 9.29. The molecule has 0 aromatic heterocycles. The Balaban J connectivity index is 2.18. The molecule has 0 saturated carbocycles. The van der Waals surface area contributed by atoms with Crippen LogP contribution >= 0.6 is 0 Å². The molecule has 2 rings (SSSR count). The quantitative estimate of drug-likeness (QED) is 0.515. The molecule has 1 saturated heterocycles. The van der Waals surface area contributed by atoms with Crippen LogP contribution < -0.4 is 10.6 Å². The summed E-state index contributed by atoms with van der Waals surface area (Å²) in [6.45, 7) is 11.2. The third-order valence-electron chi connectivity index (χ3n) is 6.55. The van der Waals surface area contributed by atoms with Gasteiger partial charge in [-0.15, -0.1) is 0 Å². The molecule has 1 aromatic rings. The normalized spacial score (nSPS) is 18.1. The molecule has 3 N–H and O–H groups in total. The van der Waals surface area contributed by atoms with Gasteiger partial charge in [0.2, 0.25) is 11.8 Å². The second-order valence-electron chi connectivity index (χ2n) is 10.3. The number of ether oxygens (including phenoxy) is 1. The Bertz CT molecular complexity index is 903. The van der Waals surface area contributed by atoms with Crippen LogP contribution in [0.2, 0.25) is 0 Å². The van der Waals surface area contributed by atoms with Crippen molar-refractivity contribution in [3.8, 4) is 0 Å².